The van der Waals surface area contributed by atoms with Gasteiger partial charge in [0.1, 0.15) is 5.75 Å². The lowest BCUT2D eigenvalue weighted by molar-refractivity contribution is -0.131. The average molecular weight is 295 g/mol. The van der Waals surface area contributed by atoms with Gasteiger partial charge < -0.3 is 15.4 Å². The number of hydrogen-bond acceptors (Lipinski definition) is 3. The Labute approximate surface area is 116 Å². The Kier molecular flexibility index (Phi) is 7.33. The maximum atomic E-state index is 11.9. The van der Waals surface area contributed by atoms with E-state index in [1.165, 1.54) is 17.0 Å². The van der Waals surface area contributed by atoms with Gasteiger partial charge in [-0.3, -0.25) is 4.79 Å². The normalized spacial score (nSPS) is 11.7. The van der Waals surface area contributed by atoms with Gasteiger partial charge in [0.15, 0.2) is 0 Å². The summed E-state index contributed by atoms with van der Waals surface area (Å²) >= 11 is 0. The zero-order valence-electron chi connectivity index (χ0n) is 10.7. The molecule has 0 aromatic heterocycles. The molecule has 0 aliphatic heterocycles. The first-order valence-electron chi connectivity index (χ1n) is 5.44. The predicted octanol–water partition coefficient (Wildman–Crippen LogP) is 2.02. The Hall–Kier alpha value is -1.40. The van der Waals surface area contributed by atoms with Gasteiger partial charge >= 0.3 is 6.61 Å². The molecule has 0 aliphatic carbocycles. The Balaban J connectivity index is 0.00000324. The molecule has 19 heavy (non-hydrogen) atoms. The molecule has 0 bridgehead atoms. The Morgan fingerprint density at radius 3 is 2.32 bits per heavy atom. The van der Waals surface area contributed by atoms with E-state index < -0.39 is 12.7 Å². The summed E-state index contributed by atoms with van der Waals surface area (Å²) < 4.78 is 28.1. The first-order valence-corrected chi connectivity index (χ1v) is 5.44. The van der Waals surface area contributed by atoms with Crippen LogP contribution in [0.3, 0.4) is 0 Å². The van der Waals surface area contributed by atoms with Gasteiger partial charge in [-0.1, -0.05) is 12.1 Å². The van der Waals surface area contributed by atoms with E-state index in [0.29, 0.717) is 6.54 Å². The number of halogens is 3. The van der Waals surface area contributed by atoms with Crippen molar-refractivity contribution in [2.75, 3.05) is 7.05 Å². The van der Waals surface area contributed by atoms with Crippen molar-refractivity contribution in [3.8, 4) is 5.75 Å². The summed E-state index contributed by atoms with van der Waals surface area (Å²) in [6, 6.07) is 5.57. The van der Waals surface area contributed by atoms with Crippen LogP contribution in [-0.4, -0.2) is 30.5 Å². The largest absolute Gasteiger partial charge is 0.435 e. The number of nitrogens with two attached hydrogens (primary N) is 1. The summed E-state index contributed by atoms with van der Waals surface area (Å²) in [5.74, 6) is -0.0853. The number of carbonyl (C=O) groups is 1. The number of likely N-dealkylation sites (N-methyl/N-ethyl adjacent to an activating group) is 1. The first kappa shape index (κ1) is 17.6. The summed E-state index contributed by atoms with van der Waals surface area (Å²) in [5, 5.41) is 0. The highest BCUT2D eigenvalue weighted by atomic mass is 35.5. The molecule has 7 heteroatoms. The van der Waals surface area contributed by atoms with Crippen molar-refractivity contribution in [2.45, 2.75) is 26.1 Å². The molecule has 0 saturated heterocycles. The van der Waals surface area contributed by atoms with Crippen molar-refractivity contribution < 1.29 is 18.3 Å². The molecule has 0 fully saturated rings. The molecule has 0 radical (unpaired) electrons. The SMILES string of the molecule is C[C@H](N)C(=O)N(C)Cc1ccc(OC(F)F)cc1.Cl. The van der Waals surface area contributed by atoms with Crippen LogP contribution in [0.2, 0.25) is 0 Å². The topological polar surface area (TPSA) is 55.6 Å². The maximum absolute atomic E-state index is 11.9. The zero-order valence-corrected chi connectivity index (χ0v) is 11.5. The molecule has 1 aromatic carbocycles. The van der Waals surface area contributed by atoms with Gasteiger partial charge in [-0.05, 0) is 24.6 Å². The van der Waals surface area contributed by atoms with Crippen LogP contribution in [0.15, 0.2) is 24.3 Å². The van der Waals surface area contributed by atoms with Crippen molar-refractivity contribution in [1.29, 1.82) is 0 Å². The van der Waals surface area contributed by atoms with E-state index in [1.54, 1.807) is 26.1 Å². The minimum atomic E-state index is -2.84. The van der Waals surface area contributed by atoms with Crippen molar-refractivity contribution in [3.63, 3.8) is 0 Å². The van der Waals surface area contributed by atoms with E-state index >= 15 is 0 Å². The summed E-state index contributed by atoms with van der Waals surface area (Å²) in [6.45, 7) is -0.855. The fourth-order valence-electron chi connectivity index (χ4n) is 1.48. The van der Waals surface area contributed by atoms with Crippen LogP contribution in [0.25, 0.3) is 0 Å². The second-order valence-corrected chi connectivity index (χ2v) is 4.01. The summed E-state index contributed by atoms with van der Waals surface area (Å²) in [5.41, 5.74) is 6.29. The lowest BCUT2D eigenvalue weighted by atomic mass is 10.2. The molecule has 1 amide bonds. The molecule has 1 aromatic rings. The van der Waals surface area contributed by atoms with Gasteiger partial charge in [-0.2, -0.15) is 8.78 Å². The molecule has 0 heterocycles. The number of ether oxygens (including phenoxy) is 1. The van der Waals surface area contributed by atoms with Crippen molar-refractivity contribution in [2.24, 2.45) is 5.73 Å². The third-order valence-corrected chi connectivity index (χ3v) is 2.33. The molecule has 0 spiro atoms. The van der Waals surface area contributed by atoms with E-state index in [0.717, 1.165) is 5.56 Å². The van der Waals surface area contributed by atoms with Crippen LogP contribution in [0.5, 0.6) is 5.75 Å². The van der Waals surface area contributed by atoms with Gasteiger partial charge in [0.2, 0.25) is 5.91 Å². The van der Waals surface area contributed by atoms with Crippen LogP contribution in [0.4, 0.5) is 8.78 Å². The summed E-state index contributed by atoms with van der Waals surface area (Å²) in [6.07, 6.45) is 0. The number of rotatable bonds is 5. The van der Waals surface area contributed by atoms with Crippen molar-refractivity contribution >= 4 is 18.3 Å². The molecule has 0 saturated carbocycles. The highest BCUT2D eigenvalue weighted by Gasteiger charge is 2.13. The van der Waals surface area contributed by atoms with E-state index in [2.05, 4.69) is 4.74 Å². The van der Waals surface area contributed by atoms with Gasteiger partial charge in [-0.25, -0.2) is 0 Å². The second-order valence-electron chi connectivity index (χ2n) is 4.01. The number of alkyl halides is 2. The van der Waals surface area contributed by atoms with Crippen LogP contribution >= 0.6 is 12.4 Å². The Morgan fingerprint density at radius 1 is 1.37 bits per heavy atom. The fourth-order valence-corrected chi connectivity index (χ4v) is 1.48. The molecule has 1 atom stereocenters. The monoisotopic (exact) mass is 294 g/mol. The fraction of sp³-hybridized carbons (Fsp3) is 0.417. The van der Waals surface area contributed by atoms with Gasteiger partial charge in [0, 0.05) is 13.6 Å². The molecule has 2 N–H and O–H groups in total. The number of amides is 1. The Morgan fingerprint density at radius 2 is 1.89 bits per heavy atom. The quantitative estimate of drug-likeness (QED) is 0.904. The van der Waals surface area contributed by atoms with E-state index in [9.17, 15) is 13.6 Å². The Bertz CT molecular complexity index is 399. The summed E-state index contributed by atoms with van der Waals surface area (Å²) in [7, 11) is 1.63. The molecular weight excluding hydrogens is 278 g/mol. The number of benzene rings is 1. The third kappa shape index (κ3) is 5.85. The van der Waals surface area contributed by atoms with Crippen LogP contribution in [0.1, 0.15) is 12.5 Å². The smallest absolute Gasteiger partial charge is 0.387 e. The lowest BCUT2D eigenvalue weighted by Crippen LogP contribution is -2.39. The standard InChI is InChI=1S/C12H16F2N2O2.ClH/c1-8(15)11(17)16(2)7-9-3-5-10(6-4-9)18-12(13)14;/h3-6,8,12H,7,15H2,1-2H3;1H/t8-;/m0./s1. The van der Waals surface area contributed by atoms with Crippen molar-refractivity contribution in [1.82, 2.24) is 4.90 Å². The number of carbonyl (C=O) groups excluding carboxylic acids is 1. The van der Waals surface area contributed by atoms with E-state index in [-0.39, 0.29) is 24.1 Å². The first-order chi connectivity index (χ1) is 8.40. The third-order valence-electron chi connectivity index (χ3n) is 2.33. The molecule has 1 rings (SSSR count). The minimum absolute atomic E-state index is 0. The number of nitrogens with zero attached hydrogens (tertiary/aromatic N) is 1. The van der Waals surface area contributed by atoms with Gasteiger partial charge in [0.25, 0.3) is 0 Å². The zero-order chi connectivity index (χ0) is 13.7. The minimum Gasteiger partial charge on any atom is -0.435 e. The van der Waals surface area contributed by atoms with Crippen molar-refractivity contribution in [3.05, 3.63) is 29.8 Å². The maximum Gasteiger partial charge on any atom is 0.387 e. The summed E-state index contributed by atoms with van der Waals surface area (Å²) in [4.78, 5) is 13.0. The van der Waals surface area contributed by atoms with Crippen LogP contribution in [0, 0.1) is 0 Å². The predicted molar refractivity (Wildman–Crippen MR) is 70.4 cm³/mol. The highest BCUT2D eigenvalue weighted by molar-refractivity contribution is 5.85. The van der Waals surface area contributed by atoms with E-state index in [4.69, 9.17) is 5.73 Å². The molecular formula is C12H17ClF2N2O2. The molecule has 4 nitrogen and oxygen atoms in total. The van der Waals surface area contributed by atoms with E-state index in [1.807, 2.05) is 0 Å². The molecule has 108 valence electrons. The highest BCUT2D eigenvalue weighted by Crippen LogP contribution is 2.15. The number of hydrogen-bond donors (Lipinski definition) is 1. The van der Waals surface area contributed by atoms with Gasteiger partial charge in [0.05, 0.1) is 6.04 Å². The second kappa shape index (κ2) is 7.91. The molecule has 0 unspecified atom stereocenters. The van der Waals surface area contributed by atoms with Gasteiger partial charge in [-0.15, -0.1) is 12.4 Å². The van der Waals surface area contributed by atoms with Crippen LogP contribution in [-0.2, 0) is 11.3 Å². The average Bonchev–Trinajstić information content (AvgIpc) is 2.29. The molecule has 0 aliphatic rings. The lowest BCUT2D eigenvalue weighted by Gasteiger charge is -2.19. The van der Waals surface area contributed by atoms with Crippen LogP contribution < -0.4 is 10.5 Å².